The molecule has 1 aliphatic rings. The third kappa shape index (κ3) is 7.44. The molecule has 224 valence electrons. The highest BCUT2D eigenvalue weighted by Gasteiger charge is 2.35. The first-order valence-electron chi connectivity index (χ1n) is 14.2. The van der Waals surface area contributed by atoms with Crippen LogP contribution >= 0.6 is 11.6 Å². The number of nitrogens with zero attached hydrogens (tertiary/aromatic N) is 2. The SMILES string of the molecule is CC[C@@H](C(=O)NC1CCCC1)N(Cc1ccc(Cl)cc1)C(=O)CN(c1cc(C)ccc1OC)S(=O)(=O)c1ccccc1. The lowest BCUT2D eigenvalue weighted by Gasteiger charge is -2.34. The van der Waals surface area contributed by atoms with E-state index in [1.807, 2.05) is 19.9 Å². The molecule has 8 nitrogen and oxygen atoms in total. The van der Waals surface area contributed by atoms with Gasteiger partial charge in [0.15, 0.2) is 0 Å². The Balaban J connectivity index is 1.75. The van der Waals surface area contributed by atoms with Gasteiger partial charge in [0.2, 0.25) is 11.8 Å². The highest BCUT2D eigenvalue weighted by Crippen LogP contribution is 2.34. The van der Waals surface area contributed by atoms with Gasteiger partial charge in [-0.2, -0.15) is 0 Å². The first kappa shape index (κ1) is 31.4. The van der Waals surface area contributed by atoms with Gasteiger partial charge in [-0.15, -0.1) is 0 Å². The maximum atomic E-state index is 14.3. The summed E-state index contributed by atoms with van der Waals surface area (Å²) in [6, 6.07) is 19.5. The zero-order chi connectivity index (χ0) is 30.3. The zero-order valence-electron chi connectivity index (χ0n) is 24.3. The molecule has 1 saturated carbocycles. The molecule has 0 heterocycles. The fourth-order valence-corrected chi connectivity index (χ4v) is 6.87. The topological polar surface area (TPSA) is 96.0 Å². The predicted molar refractivity (Wildman–Crippen MR) is 165 cm³/mol. The average molecular weight is 612 g/mol. The van der Waals surface area contributed by atoms with Crippen LogP contribution in [0.1, 0.15) is 50.2 Å². The first-order chi connectivity index (χ1) is 20.1. The van der Waals surface area contributed by atoms with Gasteiger partial charge in [0.25, 0.3) is 10.0 Å². The molecule has 10 heteroatoms. The lowest BCUT2D eigenvalue weighted by Crippen LogP contribution is -2.53. The molecule has 1 fully saturated rings. The number of benzene rings is 3. The number of halogens is 1. The Labute approximate surface area is 253 Å². The maximum Gasteiger partial charge on any atom is 0.264 e. The minimum atomic E-state index is -4.19. The van der Waals surface area contributed by atoms with Crippen molar-refractivity contribution >= 4 is 39.1 Å². The molecule has 0 radical (unpaired) electrons. The molecular weight excluding hydrogens is 574 g/mol. The van der Waals surface area contributed by atoms with E-state index in [1.54, 1.807) is 54.6 Å². The number of hydrogen-bond donors (Lipinski definition) is 1. The summed E-state index contributed by atoms with van der Waals surface area (Å²) in [6.45, 7) is 3.27. The standard InChI is InChI=1S/C32H38ClN3O5S/c1-4-28(32(38)34-26-10-8-9-11-26)35(21-24-15-17-25(33)18-16-24)31(37)22-36(29-20-23(2)14-19-30(29)41-3)42(39,40)27-12-6-5-7-13-27/h5-7,12-20,26,28H,4,8-11,21-22H2,1-3H3,(H,34,38)/t28-/m0/s1. The van der Waals surface area contributed by atoms with E-state index in [9.17, 15) is 18.0 Å². The summed E-state index contributed by atoms with van der Waals surface area (Å²) in [4.78, 5) is 29.4. The maximum absolute atomic E-state index is 14.3. The van der Waals surface area contributed by atoms with Crippen molar-refractivity contribution in [1.82, 2.24) is 10.2 Å². The number of methoxy groups -OCH3 is 1. The van der Waals surface area contributed by atoms with Crippen molar-refractivity contribution in [2.24, 2.45) is 0 Å². The summed E-state index contributed by atoms with van der Waals surface area (Å²) < 4.78 is 34.8. The molecule has 2 amide bonds. The molecule has 0 unspecified atom stereocenters. The fraction of sp³-hybridized carbons (Fsp3) is 0.375. The van der Waals surface area contributed by atoms with Crippen LogP contribution in [0.2, 0.25) is 5.02 Å². The lowest BCUT2D eigenvalue weighted by molar-refractivity contribution is -0.140. The number of carbonyl (C=O) groups is 2. The van der Waals surface area contributed by atoms with Gasteiger partial charge in [-0.3, -0.25) is 13.9 Å². The molecular formula is C32H38ClN3O5S. The number of ether oxygens (including phenoxy) is 1. The van der Waals surface area contributed by atoms with E-state index >= 15 is 0 Å². The van der Waals surface area contributed by atoms with Crippen LogP contribution in [0.5, 0.6) is 5.75 Å². The predicted octanol–water partition coefficient (Wildman–Crippen LogP) is 5.72. The molecule has 4 rings (SSSR count). The second-order valence-electron chi connectivity index (χ2n) is 10.6. The number of hydrogen-bond acceptors (Lipinski definition) is 5. The molecule has 1 aliphatic carbocycles. The van der Waals surface area contributed by atoms with Crippen molar-refractivity contribution in [3.63, 3.8) is 0 Å². The van der Waals surface area contributed by atoms with E-state index in [0.717, 1.165) is 41.1 Å². The van der Waals surface area contributed by atoms with Gasteiger partial charge < -0.3 is 15.0 Å². The molecule has 0 aliphatic heterocycles. The average Bonchev–Trinajstić information content (AvgIpc) is 3.50. The molecule has 42 heavy (non-hydrogen) atoms. The van der Waals surface area contributed by atoms with E-state index in [0.29, 0.717) is 17.2 Å². The van der Waals surface area contributed by atoms with Crippen LogP contribution < -0.4 is 14.4 Å². The minimum Gasteiger partial charge on any atom is -0.495 e. The van der Waals surface area contributed by atoms with Gasteiger partial charge in [0.1, 0.15) is 18.3 Å². The zero-order valence-corrected chi connectivity index (χ0v) is 25.8. The van der Waals surface area contributed by atoms with E-state index in [2.05, 4.69) is 5.32 Å². The summed E-state index contributed by atoms with van der Waals surface area (Å²) in [5.41, 5.74) is 1.81. The molecule has 0 aromatic heterocycles. The fourth-order valence-electron chi connectivity index (χ4n) is 5.30. The molecule has 0 spiro atoms. The van der Waals surface area contributed by atoms with E-state index < -0.39 is 28.5 Å². The van der Waals surface area contributed by atoms with Gasteiger partial charge in [-0.25, -0.2) is 8.42 Å². The first-order valence-corrected chi connectivity index (χ1v) is 16.0. The van der Waals surface area contributed by atoms with Crippen LogP contribution in [0, 0.1) is 6.92 Å². The molecule has 1 atom stereocenters. The Hall–Kier alpha value is -3.56. The van der Waals surface area contributed by atoms with Crippen molar-refractivity contribution in [3.8, 4) is 5.75 Å². The second-order valence-corrected chi connectivity index (χ2v) is 12.9. The third-order valence-corrected chi connectivity index (χ3v) is 9.59. The summed E-state index contributed by atoms with van der Waals surface area (Å²) in [6.07, 6.45) is 4.28. The van der Waals surface area contributed by atoms with Crippen molar-refractivity contribution < 1.29 is 22.7 Å². The van der Waals surface area contributed by atoms with Crippen LogP contribution in [0.3, 0.4) is 0 Å². The Kier molecular flexibility index (Phi) is 10.5. The van der Waals surface area contributed by atoms with E-state index in [4.69, 9.17) is 16.3 Å². The minimum absolute atomic E-state index is 0.0385. The van der Waals surface area contributed by atoms with Crippen molar-refractivity contribution in [3.05, 3.63) is 88.9 Å². The van der Waals surface area contributed by atoms with Crippen LogP contribution in [0.25, 0.3) is 0 Å². The Bertz CT molecular complexity index is 1480. The summed E-state index contributed by atoms with van der Waals surface area (Å²) >= 11 is 6.10. The van der Waals surface area contributed by atoms with Gasteiger partial charge in [0, 0.05) is 17.6 Å². The molecule has 3 aromatic carbocycles. The number of anilines is 1. The number of aryl methyl sites for hydroxylation is 1. The lowest BCUT2D eigenvalue weighted by atomic mass is 10.1. The quantitative estimate of drug-likeness (QED) is 0.283. The molecule has 1 N–H and O–H groups in total. The smallest absolute Gasteiger partial charge is 0.264 e. The highest BCUT2D eigenvalue weighted by atomic mass is 35.5. The van der Waals surface area contributed by atoms with Gasteiger partial charge in [-0.1, -0.05) is 67.8 Å². The molecule has 0 saturated heterocycles. The van der Waals surface area contributed by atoms with Crippen LogP contribution in [-0.4, -0.2) is 50.9 Å². The number of sulfonamides is 1. The van der Waals surface area contributed by atoms with Crippen LogP contribution in [-0.2, 0) is 26.2 Å². The van der Waals surface area contributed by atoms with Crippen molar-refractivity contribution in [2.75, 3.05) is 18.0 Å². The second kappa shape index (κ2) is 14.1. The monoisotopic (exact) mass is 611 g/mol. The highest BCUT2D eigenvalue weighted by molar-refractivity contribution is 7.92. The van der Waals surface area contributed by atoms with Crippen LogP contribution in [0.4, 0.5) is 5.69 Å². The summed E-state index contributed by atoms with van der Waals surface area (Å²) in [5, 5.41) is 3.67. The summed E-state index contributed by atoms with van der Waals surface area (Å²) in [5.74, 6) is -0.443. The normalized spacial score (nSPS) is 14.3. The largest absolute Gasteiger partial charge is 0.495 e. The molecule has 0 bridgehead atoms. The van der Waals surface area contributed by atoms with E-state index in [1.165, 1.54) is 24.1 Å². The van der Waals surface area contributed by atoms with E-state index in [-0.39, 0.29) is 29.1 Å². The van der Waals surface area contributed by atoms with Crippen molar-refractivity contribution in [2.45, 2.75) is 69.5 Å². The third-order valence-electron chi connectivity index (χ3n) is 7.57. The Morgan fingerprint density at radius 2 is 1.69 bits per heavy atom. The van der Waals surface area contributed by atoms with Crippen molar-refractivity contribution in [1.29, 1.82) is 0 Å². The van der Waals surface area contributed by atoms with Gasteiger partial charge in [0.05, 0.1) is 17.7 Å². The summed E-state index contributed by atoms with van der Waals surface area (Å²) in [7, 11) is -2.74. The number of nitrogens with one attached hydrogen (secondary N) is 1. The van der Waals surface area contributed by atoms with Gasteiger partial charge in [-0.05, 0) is 73.7 Å². The molecule has 3 aromatic rings. The Morgan fingerprint density at radius 3 is 2.31 bits per heavy atom. The number of rotatable bonds is 12. The number of carbonyl (C=O) groups excluding carboxylic acids is 2. The van der Waals surface area contributed by atoms with Crippen LogP contribution in [0.15, 0.2) is 77.7 Å². The van der Waals surface area contributed by atoms with Gasteiger partial charge >= 0.3 is 0 Å². The Morgan fingerprint density at radius 1 is 1.02 bits per heavy atom. The number of amides is 2.